The summed E-state index contributed by atoms with van der Waals surface area (Å²) in [6.45, 7) is 8.58. The molecule has 4 unspecified atom stereocenters. The van der Waals surface area contributed by atoms with E-state index in [0.717, 1.165) is 42.1 Å². The number of rotatable bonds is 13. The van der Waals surface area contributed by atoms with Crippen molar-refractivity contribution in [3.05, 3.63) is 37.4 Å². The molecule has 48 heavy (non-hydrogen) atoms. The van der Waals surface area contributed by atoms with E-state index in [2.05, 4.69) is 93.7 Å². The number of aromatic amines is 2. The van der Waals surface area contributed by atoms with Gasteiger partial charge in [-0.15, -0.1) is 0 Å². The van der Waals surface area contributed by atoms with Crippen LogP contribution in [0.5, 0.6) is 0 Å². The van der Waals surface area contributed by atoms with Gasteiger partial charge in [-0.05, 0) is 70.6 Å². The number of hydrogen-bond donors (Lipinski definition) is 5. The summed E-state index contributed by atoms with van der Waals surface area (Å²) < 4.78 is 3.89. The summed E-state index contributed by atoms with van der Waals surface area (Å²) in [5, 5.41) is 19.4. The lowest BCUT2D eigenvalue weighted by Crippen LogP contribution is -2.39. The maximum absolute atomic E-state index is 4.81. The zero-order valence-corrected chi connectivity index (χ0v) is 27.5. The van der Waals surface area contributed by atoms with Crippen molar-refractivity contribution < 1.29 is 0 Å². The van der Waals surface area contributed by atoms with Crippen molar-refractivity contribution >= 4 is 63.4 Å². The van der Waals surface area contributed by atoms with Gasteiger partial charge in [0.1, 0.15) is 5.52 Å². The van der Waals surface area contributed by atoms with Crippen LogP contribution in [0.15, 0.2) is 42.4 Å². The number of aromatic nitrogens is 12. The zero-order chi connectivity index (χ0) is 32.8. The number of imidazole rings is 2. The van der Waals surface area contributed by atoms with Gasteiger partial charge in [-0.3, -0.25) is 9.36 Å². The summed E-state index contributed by atoms with van der Waals surface area (Å²) in [5.41, 5.74) is 4.35. The highest BCUT2D eigenvalue weighted by Gasteiger charge is 2.33. The van der Waals surface area contributed by atoms with Crippen LogP contribution in [-0.2, 0) is 0 Å². The SMILES string of the molecule is CC(/C=N/c1nc(Nc2cnn(C(C)CC3CCC3Nc3nc(Nc4cnn(C(C)C)c4)nc4[nH]cnc34)c2)nc2[nH]cnc12)C1CC1. The molecule has 4 atom stereocenters. The van der Waals surface area contributed by atoms with E-state index in [1.165, 1.54) is 12.8 Å². The Bertz CT molecular complexity index is 2060. The van der Waals surface area contributed by atoms with Crippen molar-refractivity contribution in [2.45, 2.75) is 77.9 Å². The van der Waals surface area contributed by atoms with Crippen LogP contribution in [-0.4, -0.2) is 71.7 Å². The monoisotopic (exact) mass is 648 g/mol. The van der Waals surface area contributed by atoms with Crippen LogP contribution in [0.25, 0.3) is 22.3 Å². The van der Waals surface area contributed by atoms with Crippen LogP contribution in [0, 0.1) is 17.8 Å². The molecule has 0 bridgehead atoms. The van der Waals surface area contributed by atoms with Crippen molar-refractivity contribution in [1.29, 1.82) is 0 Å². The molecule has 2 aliphatic rings. The molecule has 0 aromatic carbocycles. The first-order valence-electron chi connectivity index (χ1n) is 16.7. The number of nitrogens with zero attached hydrogens (tertiary/aromatic N) is 11. The molecule has 2 aliphatic carbocycles. The van der Waals surface area contributed by atoms with E-state index in [-0.39, 0.29) is 18.1 Å². The van der Waals surface area contributed by atoms with Gasteiger partial charge in [0.15, 0.2) is 28.4 Å². The molecule has 0 spiro atoms. The Labute approximate surface area is 276 Å². The fourth-order valence-corrected chi connectivity index (χ4v) is 6.24. The molecule has 8 rings (SSSR count). The average Bonchev–Trinajstić information content (AvgIpc) is 3.48. The summed E-state index contributed by atoms with van der Waals surface area (Å²) in [6, 6.07) is 0.713. The van der Waals surface area contributed by atoms with Crippen LogP contribution in [0.1, 0.15) is 71.9 Å². The highest BCUT2D eigenvalue weighted by Crippen LogP contribution is 2.38. The molecular weight excluding hydrogens is 608 g/mol. The van der Waals surface area contributed by atoms with Crippen molar-refractivity contribution in [2.24, 2.45) is 22.7 Å². The number of H-pyrrole nitrogens is 2. The second-order valence-electron chi connectivity index (χ2n) is 13.4. The second kappa shape index (κ2) is 12.3. The Kier molecular flexibility index (Phi) is 7.69. The molecule has 16 heteroatoms. The zero-order valence-electron chi connectivity index (χ0n) is 27.5. The minimum atomic E-state index is 0.181. The van der Waals surface area contributed by atoms with E-state index < -0.39 is 0 Å². The van der Waals surface area contributed by atoms with Gasteiger partial charge in [0.2, 0.25) is 11.9 Å². The highest BCUT2D eigenvalue weighted by molar-refractivity contribution is 5.85. The average molecular weight is 649 g/mol. The standard InChI is InChI=1S/C32H40N16/c1-17(2)47-13-22(11-38-47)40-32-45-29-26(35-16-37-29)30(46-32)42-24-8-7-21(24)9-19(4)48-14-23(12-39-48)41-31-43-27(25-28(44-31)36-15-34-25)33-10-18(3)20-5-6-20/h10-21,24H,5-9H2,1-4H3,(H2,34,36,41,43,44)(H3,35,37,40,42,45,46)/b33-10+. The molecule has 0 saturated heterocycles. The lowest BCUT2D eigenvalue weighted by Gasteiger charge is -2.39. The number of anilines is 5. The van der Waals surface area contributed by atoms with Gasteiger partial charge < -0.3 is 25.9 Å². The van der Waals surface area contributed by atoms with Gasteiger partial charge in [-0.1, -0.05) is 6.92 Å². The lowest BCUT2D eigenvalue weighted by atomic mass is 9.76. The number of hydrogen-bond acceptors (Lipinski definition) is 12. The maximum atomic E-state index is 4.81. The second-order valence-corrected chi connectivity index (χ2v) is 13.4. The third-order valence-electron chi connectivity index (χ3n) is 9.42. The van der Waals surface area contributed by atoms with Crippen LogP contribution < -0.4 is 16.0 Å². The van der Waals surface area contributed by atoms with Crippen LogP contribution in [0.3, 0.4) is 0 Å². The molecule has 6 aromatic heterocycles. The minimum Gasteiger partial charge on any atom is -0.365 e. The third-order valence-corrected chi connectivity index (χ3v) is 9.42. The topological polar surface area (TPSA) is 193 Å². The Balaban J connectivity index is 0.921. The van der Waals surface area contributed by atoms with E-state index in [9.17, 15) is 0 Å². The van der Waals surface area contributed by atoms with E-state index in [1.807, 2.05) is 28.0 Å². The van der Waals surface area contributed by atoms with Gasteiger partial charge in [0.05, 0.1) is 36.4 Å². The summed E-state index contributed by atoms with van der Waals surface area (Å²) in [6.07, 6.45) is 18.5. The van der Waals surface area contributed by atoms with E-state index in [1.54, 1.807) is 25.0 Å². The van der Waals surface area contributed by atoms with Crippen molar-refractivity contribution in [1.82, 2.24) is 59.4 Å². The van der Waals surface area contributed by atoms with Crippen LogP contribution in [0.4, 0.5) is 34.9 Å². The Morgan fingerprint density at radius 1 is 0.833 bits per heavy atom. The molecule has 2 fully saturated rings. The quantitative estimate of drug-likeness (QED) is 0.0913. The minimum absolute atomic E-state index is 0.181. The first-order chi connectivity index (χ1) is 23.4. The highest BCUT2D eigenvalue weighted by atomic mass is 15.3. The van der Waals surface area contributed by atoms with Crippen molar-refractivity contribution in [2.75, 3.05) is 16.0 Å². The molecule has 6 aromatic rings. The van der Waals surface area contributed by atoms with Crippen molar-refractivity contribution in [3.8, 4) is 0 Å². The molecule has 0 amide bonds. The largest absolute Gasteiger partial charge is 0.365 e. The predicted molar refractivity (Wildman–Crippen MR) is 184 cm³/mol. The summed E-state index contributed by atoms with van der Waals surface area (Å²) in [4.78, 5) is 38.5. The van der Waals surface area contributed by atoms with Crippen molar-refractivity contribution in [3.63, 3.8) is 0 Å². The molecule has 16 nitrogen and oxygen atoms in total. The molecule has 0 aliphatic heterocycles. The Hall–Kier alpha value is -5.41. The molecule has 5 N–H and O–H groups in total. The maximum Gasteiger partial charge on any atom is 0.231 e. The molecule has 0 radical (unpaired) electrons. The summed E-state index contributed by atoms with van der Waals surface area (Å²) >= 11 is 0. The third kappa shape index (κ3) is 6.16. The summed E-state index contributed by atoms with van der Waals surface area (Å²) in [5.74, 6) is 3.81. The lowest BCUT2D eigenvalue weighted by molar-refractivity contribution is 0.222. The number of aliphatic imine (C=N–C) groups is 1. The predicted octanol–water partition coefficient (Wildman–Crippen LogP) is 6.07. The number of nitrogens with one attached hydrogen (secondary N) is 5. The number of fused-ring (bicyclic) bond motifs is 2. The fraction of sp³-hybridized carbons (Fsp3) is 0.469. The Morgan fingerprint density at radius 3 is 2.17 bits per heavy atom. The first kappa shape index (κ1) is 30.0. The van der Waals surface area contributed by atoms with E-state index >= 15 is 0 Å². The van der Waals surface area contributed by atoms with Gasteiger partial charge in [-0.25, -0.2) is 15.0 Å². The molecule has 6 heterocycles. The molecular formula is C32H40N16. The van der Waals surface area contributed by atoms with Gasteiger partial charge in [0.25, 0.3) is 0 Å². The van der Waals surface area contributed by atoms with Gasteiger partial charge >= 0.3 is 0 Å². The molecule has 248 valence electrons. The Morgan fingerprint density at radius 2 is 1.50 bits per heavy atom. The van der Waals surface area contributed by atoms with Crippen LogP contribution in [0.2, 0.25) is 0 Å². The molecule has 2 saturated carbocycles. The smallest absolute Gasteiger partial charge is 0.231 e. The fourth-order valence-electron chi connectivity index (χ4n) is 6.24. The first-order valence-corrected chi connectivity index (χ1v) is 16.7. The van der Waals surface area contributed by atoms with E-state index in [4.69, 9.17) is 4.98 Å². The summed E-state index contributed by atoms with van der Waals surface area (Å²) in [7, 11) is 0. The van der Waals surface area contributed by atoms with Crippen LogP contribution >= 0.6 is 0 Å². The van der Waals surface area contributed by atoms with E-state index in [0.29, 0.717) is 52.2 Å². The normalized spacial score (nSPS) is 19.3. The van der Waals surface area contributed by atoms with Gasteiger partial charge in [-0.2, -0.15) is 30.1 Å². The van der Waals surface area contributed by atoms with Gasteiger partial charge in [0, 0.05) is 36.7 Å².